The van der Waals surface area contributed by atoms with Crippen LogP contribution >= 0.6 is 11.3 Å². The van der Waals surface area contributed by atoms with Crippen molar-refractivity contribution in [3.63, 3.8) is 0 Å². The molecule has 1 aromatic heterocycles. The van der Waals surface area contributed by atoms with Gasteiger partial charge in [-0.05, 0) is 25.1 Å². The van der Waals surface area contributed by atoms with Crippen molar-refractivity contribution < 1.29 is 18.5 Å². The third kappa shape index (κ3) is 3.57. The SMILES string of the molecule is Cc1ccc(C(=O)Nc2nc(-c3ccc(F)cc3F)cs2)cc1[N+](=O)[O-]. The van der Waals surface area contributed by atoms with E-state index in [0.29, 0.717) is 5.56 Å². The molecule has 0 saturated heterocycles. The lowest BCUT2D eigenvalue weighted by Gasteiger charge is -2.03. The normalized spacial score (nSPS) is 10.6. The minimum Gasteiger partial charge on any atom is -0.298 e. The van der Waals surface area contributed by atoms with Crippen molar-refractivity contribution in [3.8, 4) is 11.3 Å². The van der Waals surface area contributed by atoms with Gasteiger partial charge in [0, 0.05) is 34.2 Å². The van der Waals surface area contributed by atoms with Gasteiger partial charge in [-0.1, -0.05) is 6.07 Å². The van der Waals surface area contributed by atoms with Crippen LogP contribution in [0.3, 0.4) is 0 Å². The number of benzene rings is 2. The number of anilines is 1. The molecule has 3 aromatic rings. The largest absolute Gasteiger partial charge is 0.298 e. The number of carbonyl (C=O) groups excluding carboxylic acids is 1. The molecule has 0 saturated carbocycles. The lowest BCUT2D eigenvalue weighted by Crippen LogP contribution is -2.12. The van der Waals surface area contributed by atoms with Gasteiger partial charge in [0.15, 0.2) is 5.13 Å². The monoisotopic (exact) mass is 375 g/mol. The van der Waals surface area contributed by atoms with E-state index in [0.717, 1.165) is 23.5 Å². The molecule has 0 fully saturated rings. The summed E-state index contributed by atoms with van der Waals surface area (Å²) >= 11 is 1.06. The predicted molar refractivity (Wildman–Crippen MR) is 93.3 cm³/mol. The number of aromatic nitrogens is 1. The zero-order valence-electron chi connectivity index (χ0n) is 13.3. The highest BCUT2D eigenvalue weighted by Gasteiger charge is 2.17. The number of aryl methyl sites for hydroxylation is 1. The first-order valence-corrected chi connectivity index (χ1v) is 8.20. The molecule has 0 unspecified atom stereocenters. The van der Waals surface area contributed by atoms with E-state index < -0.39 is 22.5 Å². The number of nitrogens with zero attached hydrogens (tertiary/aromatic N) is 2. The molecule has 0 radical (unpaired) electrons. The molecule has 0 bridgehead atoms. The van der Waals surface area contributed by atoms with E-state index in [1.807, 2.05) is 0 Å². The summed E-state index contributed by atoms with van der Waals surface area (Å²) in [5.41, 5.74) is 0.736. The fourth-order valence-electron chi connectivity index (χ4n) is 2.27. The number of nitro benzene ring substituents is 1. The van der Waals surface area contributed by atoms with Gasteiger partial charge in [0.2, 0.25) is 0 Å². The zero-order valence-corrected chi connectivity index (χ0v) is 14.1. The molecule has 1 amide bonds. The molecule has 26 heavy (non-hydrogen) atoms. The van der Waals surface area contributed by atoms with Crippen LogP contribution in [-0.4, -0.2) is 15.8 Å². The highest BCUT2D eigenvalue weighted by atomic mass is 32.1. The first-order valence-electron chi connectivity index (χ1n) is 7.32. The quantitative estimate of drug-likeness (QED) is 0.535. The Labute approximate surface area is 150 Å². The second-order valence-electron chi connectivity index (χ2n) is 5.37. The summed E-state index contributed by atoms with van der Waals surface area (Å²) < 4.78 is 26.8. The summed E-state index contributed by atoms with van der Waals surface area (Å²) in [6.45, 7) is 1.57. The van der Waals surface area contributed by atoms with Crippen molar-refractivity contribution in [2.45, 2.75) is 6.92 Å². The molecule has 6 nitrogen and oxygen atoms in total. The smallest absolute Gasteiger partial charge is 0.273 e. The summed E-state index contributed by atoms with van der Waals surface area (Å²) in [5.74, 6) is -2.04. The van der Waals surface area contributed by atoms with Crippen LogP contribution in [0.2, 0.25) is 0 Å². The van der Waals surface area contributed by atoms with Crippen molar-refractivity contribution in [1.82, 2.24) is 4.98 Å². The highest BCUT2D eigenvalue weighted by molar-refractivity contribution is 7.14. The van der Waals surface area contributed by atoms with Gasteiger partial charge in [-0.15, -0.1) is 11.3 Å². The van der Waals surface area contributed by atoms with Crippen LogP contribution in [0.5, 0.6) is 0 Å². The van der Waals surface area contributed by atoms with Gasteiger partial charge < -0.3 is 0 Å². The van der Waals surface area contributed by atoms with E-state index in [2.05, 4.69) is 10.3 Å². The average molecular weight is 375 g/mol. The van der Waals surface area contributed by atoms with Gasteiger partial charge >= 0.3 is 0 Å². The number of halogens is 2. The van der Waals surface area contributed by atoms with E-state index in [1.165, 1.54) is 29.6 Å². The number of nitrogens with one attached hydrogen (secondary N) is 1. The molecule has 0 aliphatic rings. The first kappa shape index (κ1) is 17.6. The van der Waals surface area contributed by atoms with Gasteiger partial charge in [-0.2, -0.15) is 0 Å². The fourth-order valence-corrected chi connectivity index (χ4v) is 2.97. The number of hydrogen-bond donors (Lipinski definition) is 1. The Balaban J connectivity index is 1.82. The van der Waals surface area contributed by atoms with Crippen LogP contribution in [0.15, 0.2) is 41.8 Å². The summed E-state index contributed by atoms with van der Waals surface area (Å²) in [5, 5.41) is 15.2. The lowest BCUT2D eigenvalue weighted by atomic mass is 10.1. The molecule has 0 atom stereocenters. The van der Waals surface area contributed by atoms with Crippen molar-refractivity contribution in [2.75, 3.05) is 5.32 Å². The summed E-state index contributed by atoms with van der Waals surface area (Å²) in [6, 6.07) is 7.24. The minimum absolute atomic E-state index is 0.104. The van der Waals surface area contributed by atoms with Crippen LogP contribution in [0, 0.1) is 28.7 Å². The second kappa shape index (κ2) is 6.96. The highest BCUT2D eigenvalue weighted by Crippen LogP contribution is 2.28. The van der Waals surface area contributed by atoms with E-state index in [1.54, 1.807) is 6.92 Å². The number of amides is 1. The van der Waals surface area contributed by atoms with Crippen LogP contribution in [-0.2, 0) is 0 Å². The number of nitro groups is 1. The Morgan fingerprint density at radius 3 is 2.69 bits per heavy atom. The summed E-state index contributed by atoms with van der Waals surface area (Å²) in [7, 11) is 0. The van der Waals surface area contributed by atoms with Crippen LogP contribution in [0.1, 0.15) is 15.9 Å². The van der Waals surface area contributed by atoms with Crippen molar-refractivity contribution in [2.24, 2.45) is 0 Å². The molecule has 132 valence electrons. The molecule has 1 N–H and O–H groups in total. The summed E-state index contributed by atoms with van der Waals surface area (Å²) in [6.07, 6.45) is 0. The Kier molecular flexibility index (Phi) is 4.72. The van der Waals surface area contributed by atoms with Crippen LogP contribution in [0.4, 0.5) is 19.6 Å². The average Bonchev–Trinajstić information content (AvgIpc) is 3.03. The van der Waals surface area contributed by atoms with Gasteiger partial charge in [0.1, 0.15) is 11.6 Å². The third-order valence-electron chi connectivity index (χ3n) is 3.60. The van der Waals surface area contributed by atoms with Crippen molar-refractivity contribution in [1.29, 1.82) is 0 Å². The molecular weight excluding hydrogens is 364 g/mol. The maximum absolute atomic E-state index is 13.8. The molecule has 0 aliphatic carbocycles. The molecule has 0 spiro atoms. The number of rotatable bonds is 4. The van der Waals surface area contributed by atoms with E-state index >= 15 is 0 Å². The Hall–Kier alpha value is -3.20. The Morgan fingerprint density at radius 1 is 1.23 bits per heavy atom. The standard InChI is InChI=1S/C17H11F2N3O3S/c1-9-2-3-10(6-15(9)22(24)25)16(23)21-17-20-14(8-26-17)12-5-4-11(18)7-13(12)19/h2-8H,1H3,(H,20,21,23). The van der Waals surface area contributed by atoms with Gasteiger partial charge in [0.25, 0.3) is 11.6 Å². The number of carbonyl (C=O) groups is 1. The molecule has 2 aromatic carbocycles. The van der Waals surface area contributed by atoms with Crippen LogP contribution < -0.4 is 5.32 Å². The van der Waals surface area contributed by atoms with E-state index in [-0.39, 0.29) is 27.6 Å². The Bertz CT molecular complexity index is 1020. The second-order valence-corrected chi connectivity index (χ2v) is 6.23. The van der Waals surface area contributed by atoms with E-state index in [4.69, 9.17) is 0 Å². The zero-order chi connectivity index (χ0) is 18.8. The third-order valence-corrected chi connectivity index (χ3v) is 4.36. The van der Waals surface area contributed by atoms with Gasteiger partial charge in [-0.3, -0.25) is 20.2 Å². The summed E-state index contributed by atoms with van der Waals surface area (Å²) in [4.78, 5) is 26.8. The molecular formula is C17H11F2N3O3S. The van der Waals surface area contributed by atoms with Gasteiger partial charge in [-0.25, -0.2) is 13.8 Å². The predicted octanol–water partition coefficient (Wildman–Crippen LogP) is 4.56. The number of hydrogen-bond acceptors (Lipinski definition) is 5. The molecule has 0 aliphatic heterocycles. The first-order chi connectivity index (χ1) is 12.3. The fraction of sp³-hybridized carbons (Fsp3) is 0.0588. The lowest BCUT2D eigenvalue weighted by molar-refractivity contribution is -0.385. The van der Waals surface area contributed by atoms with E-state index in [9.17, 15) is 23.7 Å². The molecule has 3 rings (SSSR count). The topological polar surface area (TPSA) is 85.1 Å². The number of thiazole rings is 1. The maximum atomic E-state index is 13.8. The Morgan fingerprint density at radius 2 is 2.00 bits per heavy atom. The van der Waals surface area contributed by atoms with Crippen molar-refractivity contribution >= 4 is 28.1 Å². The van der Waals surface area contributed by atoms with Crippen LogP contribution in [0.25, 0.3) is 11.3 Å². The van der Waals surface area contributed by atoms with Crippen molar-refractivity contribution in [3.05, 3.63) is 74.7 Å². The molecule has 1 heterocycles. The van der Waals surface area contributed by atoms with Gasteiger partial charge in [0.05, 0.1) is 10.6 Å². The minimum atomic E-state index is -0.762. The maximum Gasteiger partial charge on any atom is 0.273 e. The molecule has 9 heteroatoms.